The molecule has 0 aliphatic heterocycles. The van der Waals surface area contributed by atoms with Crippen LogP contribution < -0.4 is 5.73 Å². The Morgan fingerprint density at radius 1 is 1.20 bits per heavy atom. The predicted octanol–water partition coefficient (Wildman–Crippen LogP) is 3.50. The second-order valence-corrected chi connectivity index (χ2v) is 5.79. The van der Waals surface area contributed by atoms with Gasteiger partial charge < -0.3 is 5.73 Å². The Morgan fingerprint density at radius 3 is 2.95 bits per heavy atom. The van der Waals surface area contributed by atoms with E-state index >= 15 is 0 Å². The Labute approximate surface area is 118 Å². The molecule has 2 aromatic heterocycles. The van der Waals surface area contributed by atoms with Crippen LogP contribution in [0.1, 0.15) is 10.4 Å². The van der Waals surface area contributed by atoms with Gasteiger partial charge in [-0.25, -0.2) is 14.4 Å². The van der Waals surface area contributed by atoms with Crippen molar-refractivity contribution in [1.29, 1.82) is 0 Å². The third-order valence-corrected chi connectivity index (χ3v) is 4.53. The molecule has 2 heterocycles. The van der Waals surface area contributed by atoms with Crippen molar-refractivity contribution in [2.45, 2.75) is 6.42 Å². The van der Waals surface area contributed by atoms with Crippen molar-refractivity contribution in [1.82, 2.24) is 9.97 Å². The molecule has 3 nitrogen and oxygen atoms in total. The number of rotatable bonds is 1. The molecule has 2 N–H and O–H groups in total. The van der Waals surface area contributed by atoms with Crippen molar-refractivity contribution in [2.75, 3.05) is 5.73 Å². The SMILES string of the molecule is Nc1ncccc1-c1nc2c(s1)Cc1cc(F)ccc1-2. The maximum atomic E-state index is 13.2. The number of aromatic nitrogens is 2. The molecule has 0 bridgehead atoms. The first kappa shape index (κ1) is 11.5. The van der Waals surface area contributed by atoms with E-state index < -0.39 is 0 Å². The lowest BCUT2D eigenvalue weighted by Crippen LogP contribution is -1.92. The smallest absolute Gasteiger partial charge is 0.133 e. The molecular weight excluding hydrogens is 273 g/mol. The number of hydrogen-bond acceptors (Lipinski definition) is 4. The minimum absolute atomic E-state index is 0.198. The average molecular weight is 283 g/mol. The van der Waals surface area contributed by atoms with Crippen molar-refractivity contribution in [3.8, 4) is 21.8 Å². The highest BCUT2D eigenvalue weighted by molar-refractivity contribution is 7.15. The van der Waals surface area contributed by atoms with Gasteiger partial charge in [-0.15, -0.1) is 11.3 Å². The lowest BCUT2D eigenvalue weighted by atomic mass is 10.1. The number of nitrogen functional groups attached to an aromatic ring is 1. The number of pyridine rings is 1. The molecule has 0 saturated carbocycles. The van der Waals surface area contributed by atoms with E-state index in [4.69, 9.17) is 5.73 Å². The molecular formula is C15H10FN3S. The molecule has 1 aliphatic carbocycles. The highest BCUT2D eigenvalue weighted by Gasteiger charge is 2.24. The van der Waals surface area contributed by atoms with Crippen LogP contribution in [-0.4, -0.2) is 9.97 Å². The van der Waals surface area contributed by atoms with Gasteiger partial charge in [-0.3, -0.25) is 0 Å². The largest absolute Gasteiger partial charge is 0.383 e. The summed E-state index contributed by atoms with van der Waals surface area (Å²) in [7, 11) is 0. The van der Waals surface area contributed by atoms with Crippen LogP contribution in [0.25, 0.3) is 21.8 Å². The monoisotopic (exact) mass is 283 g/mol. The summed E-state index contributed by atoms with van der Waals surface area (Å²) >= 11 is 1.60. The molecule has 1 aliphatic rings. The minimum atomic E-state index is -0.198. The summed E-state index contributed by atoms with van der Waals surface area (Å²) in [5.74, 6) is 0.287. The fraction of sp³-hybridized carbons (Fsp3) is 0.0667. The summed E-state index contributed by atoms with van der Waals surface area (Å²) in [5, 5.41) is 0.871. The lowest BCUT2D eigenvalue weighted by Gasteiger charge is -2.01. The van der Waals surface area contributed by atoms with Crippen molar-refractivity contribution >= 4 is 17.2 Å². The highest BCUT2D eigenvalue weighted by atomic mass is 32.1. The van der Waals surface area contributed by atoms with Crippen LogP contribution in [0.3, 0.4) is 0 Å². The van der Waals surface area contributed by atoms with Crippen molar-refractivity contribution in [3.05, 3.63) is 52.8 Å². The van der Waals surface area contributed by atoms with Crippen LogP contribution in [0.5, 0.6) is 0 Å². The minimum Gasteiger partial charge on any atom is -0.383 e. The van der Waals surface area contributed by atoms with Crippen LogP contribution in [0.15, 0.2) is 36.5 Å². The van der Waals surface area contributed by atoms with Gasteiger partial charge in [0.1, 0.15) is 16.6 Å². The van der Waals surface area contributed by atoms with E-state index in [2.05, 4.69) is 9.97 Å². The number of halogens is 1. The van der Waals surface area contributed by atoms with Crippen LogP contribution >= 0.6 is 11.3 Å². The first-order valence-corrected chi connectivity index (χ1v) is 7.03. The van der Waals surface area contributed by atoms with E-state index in [0.29, 0.717) is 5.82 Å². The van der Waals surface area contributed by atoms with Gasteiger partial charge >= 0.3 is 0 Å². The zero-order chi connectivity index (χ0) is 13.7. The Morgan fingerprint density at radius 2 is 2.10 bits per heavy atom. The molecule has 0 spiro atoms. The molecule has 0 fully saturated rings. The van der Waals surface area contributed by atoms with E-state index in [-0.39, 0.29) is 5.82 Å². The van der Waals surface area contributed by atoms with E-state index in [1.54, 1.807) is 29.7 Å². The average Bonchev–Trinajstić information content (AvgIpc) is 2.96. The zero-order valence-electron chi connectivity index (χ0n) is 10.4. The molecule has 3 aromatic rings. The molecule has 4 rings (SSSR count). The fourth-order valence-corrected chi connectivity index (χ4v) is 3.64. The molecule has 0 unspecified atom stereocenters. The van der Waals surface area contributed by atoms with E-state index in [1.165, 1.54) is 6.07 Å². The van der Waals surface area contributed by atoms with Gasteiger partial charge in [0.05, 0.1) is 11.3 Å². The van der Waals surface area contributed by atoms with Gasteiger partial charge in [0.2, 0.25) is 0 Å². The first-order chi connectivity index (χ1) is 9.72. The van der Waals surface area contributed by atoms with Gasteiger partial charge in [-0.2, -0.15) is 0 Å². The molecule has 0 radical (unpaired) electrons. The molecule has 20 heavy (non-hydrogen) atoms. The predicted molar refractivity (Wildman–Crippen MR) is 78.0 cm³/mol. The molecule has 0 saturated heterocycles. The van der Waals surface area contributed by atoms with Crippen molar-refractivity contribution in [2.24, 2.45) is 0 Å². The van der Waals surface area contributed by atoms with Crippen LogP contribution in [-0.2, 0) is 6.42 Å². The number of benzene rings is 1. The third-order valence-electron chi connectivity index (χ3n) is 3.44. The molecule has 0 amide bonds. The van der Waals surface area contributed by atoms with Crippen LogP contribution in [0.4, 0.5) is 10.2 Å². The number of fused-ring (bicyclic) bond motifs is 3. The second kappa shape index (κ2) is 4.11. The standard InChI is InChI=1S/C15H10FN3S/c16-9-3-4-10-8(6-9)7-12-13(10)19-15(20-12)11-2-1-5-18-14(11)17/h1-6H,7H2,(H2,17,18). The van der Waals surface area contributed by atoms with Gasteiger partial charge in [0.15, 0.2) is 0 Å². The van der Waals surface area contributed by atoms with Gasteiger partial charge in [-0.05, 0) is 35.9 Å². The molecule has 5 heteroatoms. The maximum absolute atomic E-state index is 13.2. The summed E-state index contributed by atoms with van der Waals surface area (Å²) in [4.78, 5) is 9.91. The van der Waals surface area contributed by atoms with Crippen molar-refractivity contribution in [3.63, 3.8) is 0 Å². The Balaban J connectivity index is 1.85. The quantitative estimate of drug-likeness (QED) is 0.581. The Kier molecular flexibility index (Phi) is 2.37. The number of nitrogens with zero attached hydrogens (tertiary/aromatic N) is 2. The molecule has 0 atom stereocenters. The normalized spacial score (nSPS) is 12.2. The van der Waals surface area contributed by atoms with Crippen LogP contribution in [0, 0.1) is 5.82 Å². The second-order valence-electron chi connectivity index (χ2n) is 4.71. The Bertz CT molecular complexity index is 826. The van der Waals surface area contributed by atoms with Gasteiger partial charge in [0, 0.05) is 23.1 Å². The van der Waals surface area contributed by atoms with Gasteiger partial charge in [-0.1, -0.05) is 0 Å². The Hall–Kier alpha value is -2.27. The van der Waals surface area contributed by atoms with E-state index in [1.807, 2.05) is 12.1 Å². The lowest BCUT2D eigenvalue weighted by molar-refractivity contribution is 0.626. The fourth-order valence-electron chi connectivity index (χ4n) is 2.51. The highest BCUT2D eigenvalue weighted by Crippen LogP contribution is 2.42. The summed E-state index contributed by atoms with van der Waals surface area (Å²) in [6.45, 7) is 0. The summed E-state index contributed by atoms with van der Waals surface area (Å²) in [6, 6.07) is 8.63. The molecule has 98 valence electrons. The number of thiazole rings is 1. The van der Waals surface area contributed by atoms with E-state index in [0.717, 1.165) is 38.7 Å². The number of hydrogen-bond donors (Lipinski definition) is 1. The summed E-state index contributed by atoms with van der Waals surface area (Å²) < 4.78 is 13.2. The first-order valence-electron chi connectivity index (χ1n) is 6.22. The van der Waals surface area contributed by atoms with E-state index in [9.17, 15) is 4.39 Å². The van der Waals surface area contributed by atoms with Gasteiger partial charge in [0.25, 0.3) is 0 Å². The third kappa shape index (κ3) is 1.63. The number of anilines is 1. The van der Waals surface area contributed by atoms with Crippen molar-refractivity contribution < 1.29 is 4.39 Å². The number of nitrogens with two attached hydrogens (primary N) is 1. The summed E-state index contributed by atoms with van der Waals surface area (Å²) in [6.07, 6.45) is 2.40. The maximum Gasteiger partial charge on any atom is 0.133 e. The topological polar surface area (TPSA) is 51.8 Å². The zero-order valence-corrected chi connectivity index (χ0v) is 11.2. The van der Waals surface area contributed by atoms with Crippen LogP contribution in [0.2, 0.25) is 0 Å². The summed E-state index contributed by atoms with van der Waals surface area (Å²) in [5.41, 5.74) is 9.72. The molecule has 1 aromatic carbocycles.